The van der Waals surface area contributed by atoms with Gasteiger partial charge in [0.05, 0.1) is 5.41 Å². The van der Waals surface area contributed by atoms with Gasteiger partial charge < -0.3 is 15.4 Å². The van der Waals surface area contributed by atoms with E-state index in [9.17, 15) is 13.6 Å². The molecule has 1 aliphatic rings. The lowest BCUT2D eigenvalue weighted by atomic mass is 9.87. The summed E-state index contributed by atoms with van der Waals surface area (Å²) in [5.41, 5.74) is -1.77. The van der Waals surface area contributed by atoms with Gasteiger partial charge in [-0.2, -0.15) is 0 Å². The van der Waals surface area contributed by atoms with E-state index in [1.165, 1.54) is 0 Å². The van der Waals surface area contributed by atoms with Gasteiger partial charge in [0.2, 0.25) is 6.43 Å². The van der Waals surface area contributed by atoms with Gasteiger partial charge in [-0.05, 0) is 33.7 Å². The number of hydrogen-bond acceptors (Lipinski definition) is 3. The largest absolute Gasteiger partial charge is 0.444 e. The molecule has 4 nitrogen and oxygen atoms in total. The summed E-state index contributed by atoms with van der Waals surface area (Å²) in [6, 6.07) is 0. The molecular formula is C11H20F2N2O2. The van der Waals surface area contributed by atoms with Crippen molar-refractivity contribution in [2.75, 3.05) is 19.6 Å². The topological polar surface area (TPSA) is 50.4 Å². The predicted molar refractivity (Wildman–Crippen MR) is 60.2 cm³/mol. The lowest BCUT2D eigenvalue weighted by molar-refractivity contribution is 0.00383. The number of alkyl carbamates (subject to hydrolysis) is 1. The van der Waals surface area contributed by atoms with Crippen LogP contribution in [0.3, 0.4) is 0 Å². The SMILES string of the molecule is CC(C)(C)OC(=O)NC[C@@]1(C(F)F)CCNC1. The first-order chi connectivity index (χ1) is 7.75. The van der Waals surface area contributed by atoms with Crippen LogP contribution >= 0.6 is 0 Å². The number of alkyl halides is 2. The molecule has 0 aromatic carbocycles. The van der Waals surface area contributed by atoms with Crippen LogP contribution in [0.15, 0.2) is 0 Å². The predicted octanol–water partition coefficient (Wildman–Crippen LogP) is 1.76. The highest BCUT2D eigenvalue weighted by Crippen LogP contribution is 2.32. The Hall–Kier alpha value is -0.910. The Labute approximate surface area is 100 Å². The summed E-state index contributed by atoms with van der Waals surface area (Å²) in [5, 5.41) is 5.32. The average molecular weight is 250 g/mol. The molecule has 1 amide bonds. The monoisotopic (exact) mass is 250 g/mol. The molecule has 1 rings (SSSR count). The molecular weight excluding hydrogens is 230 g/mol. The van der Waals surface area contributed by atoms with Crippen LogP contribution in [0, 0.1) is 5.41 Å². The molecule has 1 heterocycles. The van der Waals surface area contributed by atoms with Gasteiger partial charge in [0, 0.05) is 13.1 Å². The summed E-state index contributed by atoms with van der Waals surface area (Å²) in [6.45, 7) is 5.90. The summed E-state index contributed by atoms with van der Waals surface area (Å²) in [7, 11) is 0. The van der Waals surface area contributed by atoms with Crippen LogP contribution in [0.4, 0.5) is 13.6 Å². The Kier molecular flexibility index (Phi) is 4.30. The Bertz CT molecular complexity index is 271. The van der Waals surface area contributed by atoms with Crippen LogP contribution in [-0.4, -0.2) is 37.8 Å². The standard InChI is InChI=1S/C11H20F2N2O2/c1-10(2,3)17-9(16)15-7-11(8(12)13)4-5-14-6-11/h8,14H,4-7H2,1-3H3,(H,15,16)/t11-/m1/s1. The highest BCUT2D eigenvalue weighted by atomic mass is 19.3. The van der Waals surface area contributed by atoms with E-state index in [2.05, 4.69) is 10.6 Å². The fraction of sp³-hybridized carbons (Fsp3) is 0.909. The molecule has 0 aromatic heterocycles. The van der Waals surface area contributed by atoms with E-state index >= 15 is 0 Å². The van der Waals surface area contributed by atoms with E-state index in [4.69, 9.17) is 4.74 Å². The smallest absolute Gasteiger partial charge is 0.407 e. The minimum absolute atomic E-state index is 0.0629. The number of halogens is 2. The van der Waals surface area contributed by atoms with Gasteiger partial charge in [0.1, 0.15) is 5.60 Å². The summed E-state index contributed by atoms with van der Waals surface area (Å²) in [4.78, 5) is 11.4. The van der Waals surface area contributed by atoms with Crippen molar-refractivity contribution in [3.8, 4) is 0 Å². The van der Waals surface area contributed by atoms with Crippen molar-refractivity contribution in [2.24, 2.45) is 5.41 Å². The number of ether oxygens (including phenoxy) is 1. The number of carbonyl (C=O) groups excluding carboxylic acids is 1. The van der Waals surface area contributed by atoms with Crippen LogP contribution in [0.5, 0.6) is 0 Å². The van der Waals surface area contributed by atoms with Gasteiger partial charge in [-0.1, -0.05) is 0 Å². The van der Waals surface area contributed by atoms with Crippen molar-refractivity contribution in [2.45, 2.75) is 39.2 Å². The second-order valence-electron chi connectivity index (χ2n) is 5.45. The van der Waals surface area contributed by atoms with Crippen molar-refractivity contribution in [3.05, 3.63) is 0 Å². The lowest BCUT2D eigenvalue weighted by Crippen LogP contribution is -2.45. The zero-order chi connectivity index (χ0) is 13.1. The molecule has 0 unspecified atom stereocenters. The summed E-state index contributed by atoms with van der Waals surface area (Å²) >= 11 is 0. The summed E-state index contributed by atoms with van der Waals surface area (Å²) in [5.74, 6) is 0. The molecule has 6 heteroatoms. The minimum Gasteiger partial charge on any atom is -0.444 e. The van der Waals surface area contributed by atoms with E-state index in [1.807, 2.05) is 0 Å². The molecule has 1 fully saturated rings. The normalized spacial score (nSPS) is 25.1. The first-order valence-corrected chi connectivity index (χ1v) is 5.71. The second kappa shape index (κ2) is 5.16. The van der Waals surface area contributed by atoms with Crippen molar-refractivity contribution in [3.63, 3.8) is 0 Å². The zero-order valence-corrected chi connectivity index (χ0v) is 10.5. The highest BCUT2D eigenvalue weighted by molar-refractivity contribution is 5.67. The number of nitrogens with one attached hydrogen (secondary N) is 2. The third kappa shape index (κ3) is 4.11. The van der Waals surface area contributed by atoms with Gasteiger partial charge in [-0.3, -0.25) is 0 Å². The van der Waals surface area contributed by atoms with Crippen LogP contribution in [0.2, 0.25) is 0 Å². The molecule has 0 aromatic rings. The average Bonchev–Trinajstić information content (AvgIpc) is 2.61. The van der Waals surface area contributed by atoms with Crippen molar-refractivity contribution >= 4 is 6.09 Å². The minimum atomic E-state index is -2.45. The molecule has 0 aliphatic carbocycles. The molecule has 17 heavy (non-hydrogen) atoms. The first-order valence-electron chi connectivity index (χ1n) is 5.71. The molecule has 0 saturated carbocycles. The van der Waals surface area contributed by atoms with E-state index in [0.717, 1.165) is 0 Å². The first kappa shape index (κ1) is 14.2. The molecule has 2 N–H and O–H groups in total. The maximum absolute atomic E-state index is 13.0. The molecule has 0 bridgehead atoms. The maximum atomic E-state index is 13.0. The van der Waals surface area contributed by atoms with Gasteiger partial charge in [0.25, 0.3) is 0 Å². The third-order valence-corrected chi connectivity index (χ3v) is 2.72. The van der Waals surface area contributed by atoms with Crippen LogP contribution in [-0.2, 0) is 4.74 Å². The van der Waals surface area contributed by atoms with Crippen LogP contribution in [0.1, 0.15) is 27.2 Å². The van der Waals surface area contributed by atoms with Crippen LogP contribution < -0.4 is 10.6 Å². The van der Waals surface area contributed by atoms with Crippen molar-refractivity contribution in [1.82, 2.24) is 10.6 Å². The lowest BCUT2D eigenvalue weighted by Gasteiger charge is -2.28. The third-order valence-electron chi connectivity index (χ3n) is 2.72. The Balaban J connectivity index is 2.45. The second-order valence-corrected chi connectivity index (χ2v) is 5.45. The van der Waals surface area contributed by atoms with Gasteiger partial charge in [-0.25, -0.2) is 13.6 Å². The molecule has 1 aliphatic heterocycles. The summed E-state index contributed by atoms with van der Waals surface area (Å²) < 4.78 is 30.9. The maximum Gasteiger partial charge on any atom is 0.407 e. The van der Waals surface area contributed by atoms with Gasteiger partial charge in [0.15, 0.2) is 0 Å². The quantitative estimate of drug-likeness (QED) is 0.802. The van der Waals surface area contributed by atoms with E-state index in [0.29, 0.717) is 13.0 Å². The fourth-order valence-electron chi connectivity index (χ4n) is 1.74. The molecule has 0 spiro atoms. The molecule has 1 atom stereocenters. The van der Waals surface area contributed by atoms with Crippen molar-refractivity contribution in [1.29, 1.82) is 0 Å². The Morgan fingerprint density at radius 3 is 2.59 bits per heavy atom. The molecule has 1 saturated heterocycles. The Morgan fingerprint density at radius 1 is 1.53 bits per heavy atom. The number of rotatable bonds is 3. The highest BCUT2D eigenvalue weighted by Gasteiger charge is 2.43. The van der Waals surface area contributed by atoms with E-state index in [-0.39, 0.29) is 13.1 Å². The van der Waals surface area contributed by atoms with Gasteiger partial charge >= 0.3 is 6.09 Å². The molecule has 100 valence electrons. The van der Waals surface area contributed by atoms with E-state index in [1.54, 1.807) is 20.8 Å². The zero-order valence-electron chi connectivity index (χ0n) is 10.5. The van der Waals surface area contributed by atoms with Gasteiger partial charge in [-0.15, -0.1) is 0 Å². The number of carbonyl (C=O) groups is 1. The van der Waals surface area contributed by atoms with E-state index < -0.39 is 23.5 Å². The van der Waals surface area contributed by atoms with Crippen LogP contribution in [0.25, 0.3) is 0 Å². The fourth-order valence-corrected chi connectivity index (χ4v) is 1.74. The number of hydrogen-bond donors (Lipinski definition) is 2. The number of amides is 1. The summed E-state index contributed by atoms with van der Waals surface area (Å²) in [6.07, 6.45) is -2.74. The Morgan fingerprint density at radius 2 is 2.18 bits per heavy atom. The molecule has 0 radical (unpaired) electrons. The van der Waals surface area contributed by atoms with Crippen molar-refractivity contribution < 1.29 is 18.3 Å².